The molecular formula is C24H33FN3O9P. The van der Waals surface area contributed by atoms with Crippen molar-refractivity contribution in [1.29, 1.82) is 0 Å². The summed E-state index contributed by atoms with van der Waals surface area (Å²) in [6.45, 7) is 6.82. The molecule has 1 aliphatic heterocycles. The monoisotopic (exact) mass is 557 g/mol. The van der Waals surface area contributed by atoms with Gasteiger partial charge in [0.25, 0.3) is 5.56 Å². The van der Waals surface area contributed by atoms with Crippen LogP contribution in [0.5, 0.6) is 0 Å². The van der Waals surface area contributed by atoms with Gasteiger partial charge in [-0.15, -0.1) is 0 Å². The fourth-order valence-electron chi connectivity index (χ4n) is 3.80. The highest BCUT2D eigenvalue weighted by Gasteiger charge is 2.55. The van der Waals surface area contributed by atoms with Gasteiger partial charge in [-0.2, -0.15) is 0 Å². The van der Waals surface area contributed by atoms with E-state index in [-0.39, 0.29) is 6.61 Å². The Bertz CT molecular complexity index is 1300. The standard InChI is InChI=1S/C24H33FN3O9P/c1-14(2)36-21(31)16(4)27-38(33,34-12-17-9-7-6-8-15(17)3)35-13-18-20(30)24(5,25)22(37-18)28-11-10-19(29)26-23(28)32/h6-11,14,16,18,20,22,30H,12-13H2,1-5H3,(H,27,33)(H,26,29,32)/t16-,18?,20?,22?,24?,38+/m0/s1. The Hall–Kier alpha value is -2.67. The number of ether oxygens (including phenoxy) is 2. The zero-order valence-corrected chi connectivity index (χ0v) is 22.6. The minimum Gasteiger partial charge on any atom is -0.462 e. The second-order valence-electron chi connectivity index (χ2n) is 9.47. The van der Waals surface area contributed by atoms with E-state index in [9.17, 15) is 24.1 Å². The second kappa shape index (κ2) is 12.0. The molecular weight excluding hydrogens is 524 g/mol. The van der Waals surface area contributed by atoms with Crippen molar-refractivity contribution in [2.75, 3.05) is 6.61 Å². The van der Waals surface area contributed by atoms with Crippen LogP contribution in [0.4, 0.5) is 4.39 Å². The van der Waals surface area contributed by atoms with E-state index in [4.69, 9.17) is 18.5 Å². The topological polar surface area (TPSA) is 158 Å². The number of hydrogen-bond acceptors (Lipinski definition) is 9. The third-order valence-corrected chi connectivity index (χ3v) is 7.60. The number of aryl methyl sites for hydroxylation is 1. The first kappa shape index (κ1) is 29.9. The number of nitrogens with one attached hydrogen (secondary N) is 2. The van der Waals surface area contributed by atoms with Crippen LogP contribution >= 0.6 is 7.75 Å². The summed E-state index contributed by atoms with van der Waals surface area (Å²) in [4.78, 5) is 37.9. The van der Waals surface area contributed by atoms with E-state index in [0.29, 0.717) is 5.56 Å². The number of carbonyl (C=O) groups excluding carboxylic acids is 1. The van der Waals surface area contributed by atoms with Gasteiger partial charge >= 0.3 is 19.4 Å². The van der Waals surface area contributed by atoms with Crippen LogP contribution < -0.4 is 16.3 Å². The molecule has 2 heterocycles. The Kier molecular flexibility index (Phi) is 9.45. The van der Waals surface area contributed by atoms with E-state index in [1.165, 1.54) is 6.92 Å². The number of rotatable bonds is 11. The molecule has 0 amide bonds. The molecule has 210 valence electrons. The first-order valence-corrected chi connectivity index (χ1v) is 13.5. The lowest BCUT2D eigenvalue weighted by Crippen LogP contribution is -2.43. The Balaban J connectivity index is 1.79. The molecule has 12 nitrogen and oxygen atoms in total. The number of aliphatic hydroxyl groups excluding tert-OH is 1. The summed E-state index contributed by atoms with van der Waals surface area (Å²) in [5, 5.41) is 13.1. The number of carbonyl (C=O) groups is 1. The third kappa shape index (κ3) is 7.04. The molecule has 1 aliphatic rings. The Morgan fingerprint density at radius 2 is 1.95 bits per heavy atom. The summed E-state index contributed by atoms with van der Waals surface area (Å²) < 4.78 is 51.8. The number of aromatic nitrogens is 2. The molecule has 0 bridgehead atoms. The van der Waals surface area contributed by atoms with Gasteiger partial charge in [0.05, 0.1) is 19.3 Å². The van der Waals surface area contributed by atoms with Gasteiger partial charge in [0.15, 0.2) is 11.9 Å². The quantitative estimate of drug-likeness (QED) is 0.276. The maximum Gasteiger partial charge on any atom is 0.406 e. The minimum atomic E-state index is -4.27. The van der Waals surface area contributed by atoms with E-state index in [0.717, 1.165) is 29.3 Å². The lowest BCUT2D eigenvalue weighted by atomic mass is 9.98. The first-order chi connectivity index (χ1) is 17.7. The van der Waals surface area contributed by atoms with Crippen LogP contribution in [-0.4, -0.2) is 57.3 Å². The lowest BCUT2D eigenvalue weighted by molar-refractivity contribution is -0.149. The number of esters is 1. The predicted molar refractivity (Wildman–Crippen MR) is 134 cm³/mol. The van der Waals surface area contributed by atoms with E-state index in [1.54, 1.807) is 26.0 Å². The maximum absolute atomic E-state index is 15.5. The van der Waals surface area contributed by atoms with Gasteiger partial charge in [0, 0.05) is 12.3 Å². The van der Waals surface area contributed by atoms with Crippen LogP contribution in [0, 0.1) is 6.92 Å². The molecule has 0 spiro atoms. The van der Waals surface area contributed by atoms with Crippen LogP contribution in [0.1, 0.15) is 45.0 Å². The summed E-state index contributed by atoms with van der Waals surface area (Å²) in [5.74, 6) is -0.700. The molecule has 1 saturated heterocycles. The normalized spacial score (nSPS) is 25.7. The van der Waals surface area contributed by atoms with Gasteiger partial charge in [-0.1, -0.05) is 24.3 Å². The maximum atomic E-state index is 15.5. The van der Waals surface area contributed by atoms with Gasteiger partial charge in [-0.25, -0.2) is 18.8 Å². The van der Waals surface area contributed by atoms with E-state index in [1.807, 2.05) is 24.0 Å². The number of hydrogen-bond donors (Lipinski definition) is 3. The van der Waals surface area contributed by atoms with Crippen LogP contribution in [0.15, 0.2) is 46.1 Å². The predicted octanol–water partition coefficient (Wildman–Crippen LogP) is 2.10. The second-order valence-corrected chi connectivity index (χ2v) is 11.2. The van der Waals surface area contributed by atoms with Crippen molar-refractivity contribution in [2.24, 2.45) is 0 Å². The number of H-pyrrole nitrogens is 1. The molecule has 14 heteroatoms. The molecule has 6 atom stereocenters. The number of aliphatic hydroxyl groups is 1. The van der Waals surface area contributed by atoms with Crippen molar-refractivity contribution in [1.82, 2.24) is 14.6 Å². The molecule has 2 aromatic rings. The van der Waals surface area contributed by atoms with Gasteiger partial charge in [0.2, 0.25) is 0 Å². The number of benzene rings is 1. The lowest BCUT2D eigenvalue weighted by Gasteiger charge is -2.25. The fourth-order valence-corrected chi connectivity index (χ4v) is 5.25. The average molecular weight is 558 g/mol. The molecule has 38 heavy (non-hydrogen) atoms. The van der Waals surface area contributed by atoms with Gasteiger partial charge < -0.3 is 14.6 Å². The minimum absolute atomic E-state index is 0.146. The molecule has 3 N–H and O–H groups in total. The molecule has 1 aromatic carbocycles. The van der Waals surface area contributed by atoms with E-state index >= 15 is 4.39 Å². The summed E-state index contributed by atoms with van der Waals surface area (Å²) in [7, 11) is -4.27. The zero-order valence-electron chi connectivity index (χ0n) is 21.8. The van der Waals surface area contributed by atoms with Crippen LogP contribution in [0.3, 0.4) is 0 Å². The highest BCUT2D eigenvalue weighted by Crippen LogP contribution is 2.48. The van der Waals surface area contributed by atoms with Crippen molar-refractivity contribution in [3.8, 4) is 0 Å². The van der Waals surface area contributed by atoms with Crippen molar-refractivity contribution >= 4 is 13.7 Å². The highest BCUT2D eigenvalue weighted by atomic mass is 31.2. The molecule has 1 fully saturated rings. The average Bonchev–Trinajstić information content (AvgIpc) is 3.05. The van der Waals surface area contributed by atoms with Crippen molar-refractivity contribution in [2.45, 2.75) is 77.5 Å². The number of aromatic amines is 1. The summed E-state index contributed by atoms with van der Waals surface area (Å²) in [6, 6.07) is 7.11. The molecule has 0 radical (unpaired) electrons. The Morgan fingerprint density at radius 1 is 1.26 bits per heavy atom. The zero-order chi connectivity index (χ0) is 28.3. The molecule has 4 unspecified atom stereocenters. The molecule has 1 aromatic heterocycles. The van der Waals surface area contributed by atoms with Gasteiger partial charge in [-0.3, -0.25) is 28.2 Å². The van der Waals surface area contributed by atoms with Crippen LogP contribution in [0.2, 0.25) is 0 Å². The number of halogens is 1. The summed E-state index contributed by atoms with van der Waals surface area (Å²) in [6.07, 6.45) is -4.18. The molecule has 0 aliphatic carbocycles. The van der Waals surface area contributed by atoms with Crippen LogP contribution in [-0.2, 0) is 34.5 Å². The Morgan fingerprint density at radius 3 is 2.58 bits per heavy atom. The molecule has 3 rings (SSSR count). The van der Waals surface area contributed by atoms with Crippen molar-refractivity contribution < 1.29 is 37.4 Å². The van der Waals surface area contributed by atoms with E-state index < -0.39 is 67.8 Å². The van der Waals surface area contributed by atoms with E-state index in [2.05, 4.69) is 5.09 Å². The number of nitrogens with zero attached hydrogens (tertiary/aromatic N) is 1. The van der Waals surface area contributed by atoms with Crippen LogP contribution in [0.25, 0.3) is 0 Å². The SMILES string of the molecule is Cc1ccccc1CO[P@](=O)(N[C@@H](C)C(=O)OC(C)C)OCC1OC(n2ccc(=O)[nH]c2=O)C(C)(F)C1O. The number of alkyl halides is 1. The largest absolute Gasteiger partial charge is 0.462 e. The van der Waals surface area contributed by atoms with Gasteiger partial charge in [0.1, 0.15) is 18.2 Å². The fraction of sp³-hybridized carbons (Fsp3) is 0.542. The third-order valence-electron chi connectivity index (χ3n) is 5.94. The Labute approximate surface area is 218 Å². The summed E-state index contributed by atoms with van der Waals surface area (Å²) in [5.41, 5.74) is -2.53. The highest BCUT2D eigenvalue weighted by molar-refractivity contribution is 7.51. The summed E-state index contributed by atoms with van der Waals surface area (Å²) >= 11 is 0. The van der Waals surface area contributed by atoms with Gasteiger partial charge in [-0.05, 0) is 45.7 Å². The van der Waals surface area contributed by atoms with Crippen molar-refractivity contribution in [3.05, 3.63) is 68.5 Å². The first-order valence-electron chi connectivity index (χ1n) is 12.0. The van der Waals surface area contributed by atoms with Crippen molar-refractivity contribution in [3.63, 3.8) is 0 Å². The smallest absolute Gasteiger partial charge is 0.406 e. The molecule has 0 saturated carbocycles.